The van der Waals surface area contributed by atoms with Gasteiger partial charge in [0, 0.05) is 25.6 Å². The molecule has 3 rings (SSSR count). The smallest absolute Gasteiger partial charge is 0.274 e. The van der Waals surface area contributed by atoms with Gasteiger partial charge < -0.3 is 0 Å². The number of anilines is 1. The molecule has 0 aromatic carbocycles. The molecule has 0 aliphatic heterocycles. The van der Waals surface area contributed by atoms with E-state index in [1.807, 2.05) is 0 Å². The summed E-state index contributed by atoms with van der Waals surface area (Å²) >= 11 is 0. The van der Waals surface area contributed by atoms with Crippen LogP contribution in [-0.2, 0) is 17.1 Å². The molecule has 0 bridgehead atoms. The zero-order valence-electron chi connectivity index (χ0n) is 9.79. The number of aromatic nitrogens is 6. The third-order valence-corrected chi connectivity index (χ3v) is 3.45. The number of fused-ring (bicyclic) bond motifs is 1. The third-order valence-electron chi connectivity index (χ3n) is 2.29. The Morgan fingerprint density at radius 1 is 1.37 bits per heavy atom. The summed E-state index contributed by atoms with van der Waals surface area (Å²) in [5.41, 5.74) is 0.342. The van der Waals surface area contributed by atoms with Crippen LogP contribution in [0.4, 0.5) is 5.69 Å². The Kier molecular flexibility index (Phi) is 2.45. The normalized spacial score (nSPS) is 11.8. The quantitative estimate of drug-likeness (QED) is 0.702. The van der Waals surface area contributed by atoms with Crippen LogP contribution in [-0.4, -0.2) is 37.8 Å². The lowest BCUT2D eigenvalue weighted by Crippen LogP contribution is -2.14. The third kappa shape index (κ3) is 2.12. The summed E-state index contributed by atoms with van der Waals surface area (Å²) in [6, 6.07) is 1.63. The van der Waals surface area contributed by atoms with Gasteiger partial charge >= 0.3 is 0 Å². The number of hydrogen-bond acceptors (Lipinski definition) is 6. The lowest BCUT2D eigenvalue weighted by molar-refractivity contribution is 0.592. The van der Waals surface area contributed by atoms with Crippen LogP contribution in [0.5, 0.6) is 0 Å². The van der Waals surface area contributed by atoms with Crippen molar-refractivity contribution in [3.63, 3.8) is 0 Å². The monoisotopic (exact) mass is 279 g/mol. The summed E-state index contributed by atoms with van der Waals surface area (Å²) in [5, 5.41) is 7.38. The van der Waals surface area contributed by atoms with Crippen molar-refractivity contribution < 1.29 is 8.42 Å². The van der Waals surface area contributed by atoms with Gasteiger partial charge in [0.15, 0.2) is 0 Å². The fraction of sp³-hybridized carbons (Fsp3) is 0.111. The fourth-order valence-corrected chi connectivity index (χ4v) is 2.41. The highest BCUT2D eigenvalue weighted by Crippen LogP contribution is 2.12. The van der Waals surface area contributed by atoms with Crippen LogP contribution in [0, 0.1) is 0 Å². The maximum absolute atomic E-state index is 12.1. The van der Waals surface area contributed by atoms with Gasteiger partial charge in [-0.2, -0.15) is 18.5 Å². The van der Waals surface area contributed by atoms with E-state index in [2.05, 4.69) is 24.9 Å². The Balaban J connectivity index is 1.99. The maximum Gasteiger partial charge on any atom is 0.299 e. The fourth-order valence-electron chi connectivity index (χ4n) is 1.50. The highest BCUT2D eigenvalue weighted by Gasteiger charge is 2.21. The van der Waals surface area contributed by atoms with Crippen molar-refractivity contribution in [2.75, 3.05) is 4.72 Å². The first-order valence-electron chi connectivity index (χ1n) is 5.23. The average Bonchev–Trinajstić information content (AvgIpc) is 2.95. The van der Waals surface area contributed by atoms with Crippen LogP contribution in [0.2, 0.25) is 0 Å². The van der Waals surface area contributed by atoms with Gasteiger partial charge in [-0.1, -0.05) is 0 Å². The predicted molar refractivity (Wildman–Crippen MR) is 64.8 cm³/mol. The lowest BCUT2D eigenvalue weighted by atomic mass is 10.6. The first-order chi connectivity index (χ1) is 9.04. The lowest BCUT2D eigenvalue weighted by Gasteiger charge is -1.99. The number of nitrogens with one attached hydrogen (secondary N) is 1. The molecule has 10 heteroatoms. The van der Waals surface area contributed by atoms with E-state index in [0.717, 1.165) is 0 Å². The molecular formula is C9H9N7O2S. The second-order valence-electron chi connectivity index (χ2n) is 3.77. The summed E-state index contributed by atoms with van der Waals surface area (Å²) in [6.45, 7) is 0. The number of nitrogens with zero attached hydrogens (tertiary/aromatic N) is 6. The second kappa shape index (κ2) is 4.02. The number of rotatable bonds is 3. The average molecular weight is 279 g/mol. The van der Waals surface area contributed by atoms with Crippen LogP contribution in [0.15, 0.2) is 36.0 Å². The molecule has 0 unspecified atom stereocenters. The minimum Gasteiger partial charge on any atom is -0.274 e. The molecule has 0 radical (unpaired) electrons. The van der Waals surface area contributed by atoms with Gasteiger partial charge in [-0.3, -0.25) is 9.40 Å². The summed E-state index contributed by atoms with van der Waals surface area (Å²) in [5.74, 6) is 0.217. The molecule has 0 saturated carbocycles. The SMILES string of the molecule is Cn1cc(NS(=O)(=O)c2nc3ncccn3n2)cn1. The highest BCUT2D eigenvalue weighted by atomic mass is 32.2. The van der Waals surface area contributed by atoms with Crippen LogP contribution in [0.1, 0.15) is 0 Å². The van der Waals surface area contributed by atoms with Crippen molar-refractivity contribution in [2.24, 2.45) is 7.05 Å². The molecular weight excluding hydrogens is 270 g/mol. The van der Waals surface area contributed by atoms with Crippen molar-refractivity contribution in [3.8, 4) is 0 Å². The van der Waals surface area contributed by atoms with Crippen LogP contribution in [0.3, 0.4) is 0 Å². The van der Waals surface area contributed by atoms with Crippen LogP contribution < -0.4 is 4.72 Å². The van der Waals surface area contributed by atoms with Crippen molar-refractivity contribution in [2.45, 2.75) is 5.16 Å². The molecule has 3 heterocycles. The minimum absolute atomic E-state index is 0.217. The van der Waals surface area contributed by atoms with Gasteiger partial charge in [0.1, 0.15) is 0 Å². The van der Waals surface area contributed by atoms with E-state index in [4.69, 9.17) is 0 Å². The molecule has 3 aromatic rings. The molecule has 0 aliphatic rings. The van der Waals surface area contributed by atoms with Gasteiger partial charge in [0.2, 0.25) is 0 Å². The Morgan fingerprint density at radius 2 is 2.21 bits per heavy atom. The first kappa shape index (κ1) is 11.6. The van der Waals surface area contributed by atoms with Crippen molar-refractivity contribution in [1.82, 2.24) is 29.4 Å². The van der Waals surface area contributed by atoms with E-state index in [-0.39, 0.29) is 10.9 Å². The van der Waals surface area contributed by atoms with Gasteiger partial charge in [-0.15, -0.1) is 5.10 Å². The van der Waals surface area contributed by atoms with E-state index in [9.17, 15) is 8.42 Å². The first-order valence-corrected chi connectivity index (χ1v) is 6.72. The maximum atomic E-state index is 12.1. The predicted octanol–water partition coefficient (Wildman–Crippen LogP) is -0.341. The van der Waals surface area contributed by atoms with Crippen molar-refractivity contribution >= 4 is 21.5 Å². The molecule has 9 nitrogen and oxygen atoms in total. The molecule has 3 aromatic heterocycles. The largest absolute Gasteiger partial charge is 0.299 e. The minimum atomic E-state index is -3.85. The molecule has 19 heavy (non-hydrogen) atoms. The van der Waals surface area contributed by atoms with Gasteiger partial charge in [-0.25, -0.2) is 9.50 Å². The molecule has 1 N–H and O–H groups in total. The van der Waals surface area contributed by atoms with Gasteiger partial charge in [0.05, 0.1) is 11.9 Å². The Labute approximate surface area is 108 Å². The number of sulfonamides is 1. The molecule has 0 amide bonds. The van der Waals surface area contributed by atoms with Gasteiger partial charge in [-0.05, 0) is 6.07 Å². The summed E-state index contributed by atoms with van der Waals surface area (Å²) in [6.07, 6.45) is 6.00. The van der Waals surface area contributed by atoms with Crippen LogP contribution in [0.25, 0.3) is 5.78 Å². The summed E-state index contributed by atoms with van der Waals surface area (Å²) in [4.78, 5) is 7.76. The molecule has 0 fully saturated rings. The van der Waals surface area contributed by atoms with E-state index in [0.29, 0.717) is 5.69 Å². The van der Waals surface area contributed by atoms with E-state index in [1.54, 1.807) is 19.3 Å². The zero-order valence-corrected chi connectivity index (χ0v) is 10.6. The zero-order chi connectivity index (χ0) is 13.5. The molecule has 0 spiro atoms. The van der Waals surface area contributed by atoms with E-state index in [1.165, 1.54) is 27.8 Å². The number of aryl methyl sites for hydroxylation is 1. The van der Waals surface area contributed by atoms with E-state index < -0.39 is 10.0 Å². The Bertz CT molecular complexity index is 802. The summed E-state index contributed by atoms with van der Waals surface area (Å²) in [7, 11) is -2.16. The van der Waals surface area contributed by atoms with Crippen molar-refractivity contribution in [3.05, 3.63) is 30.9 Å². The molecule has 0 aliphatic carbocycles. The second-order valence-corrected chi connectivity index (χ2v) is 5.34. The van der Waals surface area contributed by atoms with E-state index >= 15 is 0 Å². The van der Waals surface area contributed by atoms with Crippen LogP contribution >= 0.6 is 0 Å². The highest BCUT2D eigenvalue weighted by molar-refractivity contribution is 7.92. The molecule has 0 atom stereocenters. The Morgan fingerprint density at radius 3 is 2.89 bits per heavy atom. The molecule has 0 saturated heterocycles. The Hall–Kier alpha value is -2.49. The number of hydrogen-bond donors (Lipinski definition) is 1. The van der Waals surface area contributed by atoms with Gasteiger partial charge in [0.25, 0.3) is 21.0 Å². The van der Waals surface area contributed by atoms with Crippen molar-refractivity contribution in [1.29, 1.82) is 0 Å². The standard InChI is InChI=1S/C9H9N7O2S/c1-15-6-7(5-11-15)14-19(17,18)9-12-8-10-3-2-4-16(8)13-9/h2-6,14H,1H3. The molecule has 98 valence electrons. The summed E-state index contributed by atoms with van der Waals surface area (Å²) < 4.78 is 29.2. The topological polar surface area (TPSA) is 107 Å².